The number of hydrogen-bond donors (Lipinski definition) is 0. The van der Waals surface area contributed by atoms with Crippen molar-refractivity contribution in [2.75, 3.05) is 5.34 Å². The van der Waals surface area contributed by atoms with Crippen molar-refractivity contribution in [3.8, 4) is 17.5 Å². The molecule has 2 aromatic carbocycles. The van der Waals surface area contributed by atoms with E-state index in [0.717, 1.165) is 31.2 Å². The lowest BCUT2D eigenvalue weighted by Gasteiger charge is -2.10. The molecule has 4 rings (SSSR count). The Labute approximate surface area is 168 Å². The summed E-state index contributed by atoms with van der Waals surface area (Å²) in [4.78, 5) is 0. The minimum Gasteiger partial charge on any atom is -0.489 e. The number of hydrogen-bond acceptors (Lipinski definition) is 3. The highest BCUT2D eigenvalue weighted by Crippen LogP contribution is 2.42. The molecular formula is C23H21F2N3O. The summed E-state index contributed by atoms with van der Waals surface area (Å²) in [6.07, 6.45) is 5.51. The summed E-state index contributed by atoms with van der Waals surface area (Å²) >= 11 is 0. The van der Waals surface area contributed by atoms with E-state index in [-0.39, 0.29) is 17.3 Å². The molecule has 0 aliphatic heterocycles. The fourth-order valence-electron chi connectivity index (χ4n) is 3.98. The second kappa shape index (κ2) is 8.36. The largest absolute Gasteiger partial charge is 0.489 e. The number of ether oxygens (including phenoxy) is 1. The third kappa shape index (κ3) is 3.95. The summed E-state index contributed by atoms with van der Waals surface area (Å²) in [6.45, 7) is 0.446. The van der Waals surface area contributed by atoms with E-state index in [9.17, 15) is 14.2 Å². The van der Waals surface area contributed by atoms with E-state index < -0.39 is 5.34 Å². The van der Waals surface area contributed by atoms with Crippen LogP contribution >= 0.6 is 0 Å². The van der Waals surface area contributed by atoms with Gasteiger partial charge in [-0.3, -0.25) is 0 Å². The van der Waals surface area contributed by atoms with Crippen molar-refractivity contribution in [2.24, 2.45) is 0 Å². The van der Waals surface area contributed by atoms with Gasteiger partial charge in [-0.2, -0.15) is 5.26 Å². The van der Waals surface area contributed by atoms with Crippen molar-refractivity contribution in [3.63, 3.8) is 0 Å². The maximum atomic E-state index is 13.6. The first kappa shape index (κ1) is 19.0. The Morgan fingerprint density at radius 3 is 2.34 bits per heavy atom. The number of benzene rings is 2. The molecule has 0 saturated heterocycles. The lowest BCUT2D eigenvalue weighted by Crippen LogP contribution is -2.03. The fourth-order valence-corrected chi connectivity index (χ4v) is 3.98. The van der Waals surface area contributed by atoms with Crippen molar-refractivity contribution in [1.82, 2.24) is 4.57 Å². The van der Waals surface area contributed by atoms with Gasteiger partial charge in [-0.15, -0.1) is 0 Å². The molecule has 0 N–H and O–H groups in total. The van der Waals surface area contributed by atoms with Crippen LogP contribution in [0.5, 0.6) is 5.75 Å². The zero-order valence-corrected chi connectivity index (χ0v) is 15.9. The third-order valence-electron chi connectivity index (χ3n) is 5.44. The highest BCUT2D eigenvalue weighted by atomic mass is 19.4. The molecule has 1 aromatic heterocycles. The predicted molar refractivity (Wildman–Crippen MR) is 107 cm³/mol. The molecule has 0 amide bonds. The van der Waals surface area contributed by atoms with Crippen LogP contribution < -0.4 is 10.1 Å². The van der Waals surface area contributed by atoms with Gasteiger partial charge < -0.3 is 9.30 Å². The Bertz CT molecular complexity index is 1000. The van der Waals surface area contributed by atoms with E-state index in [0.29, 0.717) is 23.6 Å². The molecule has 0 atom stereocenters. The van der Waals surface area contributed by atoms with Gasteiger partial charge in [0, 0.05) is 17.4 Å². The molecule has 0 bridgehead atoms. The summed E-state index contributed by atoms with van der Waals surface area (Å²) in [6, 6.07) is 18.9. The molecule has 4 nitrogen and oxygen atoms in total. The molecule has 0 unspecified atom stereocenters. The predicted octanol–water partition coefficient (Wildman–Crippen LogP) is 6.16. The van der Waals surface area contributed by atoms with Crippen LogP contribution in [0.2, 0.25) is 0 Å². The zero-order valence-electron chi connectivity index (χ0n) is 15.9. The highest BCUT2D eigenvalue weighted by molar-refractivity contribution is 5.64. The second-order valence-electron chi connectivity index (χ2n) is 7.25. The molecule has 1 fully saturated rings. The van der Waals surface area contributed by atoms with Gasteiger partial charge in [0.25, 0.3) is 0 Å². The molecular weight excluding hydrogens is 372 g/mol. The average Bonchev–Trinajstić information content (AvgIpc) is 3.41. The van der Waals surface area contributed by atoms with Crippen LogP contribution in [0, 0.1) is 11.3 Å². The Kier molecular flexibility index (Phi) is 5.48. The molecule has 1 aliphatic rings. The maximum absolute atomic E-state index is 13.6. The van der Waals surface area contributed by atoms with Crippen LogP contribution in [0.15, 0.2) is 60.8 Å². The van der Waals surface area contributed by atoms with Crippen molar-refractivity contribution >= 4 is 5.69 Å². The standard InChI is InChI=1S/C23H21F2N3O/c24-28(25)23-21(18-8-4-5-9-18)15-27(22(23)14-26)19-10-12-20(13-11-19)29-16-17-6-2-1-3-7-17/h1-3,6-7,10-13,15,18H,4-5,8-9,16H2. The first-order valence-electron chi connectivity index (χ1n) is 9.71. The summed E-state index contributed by atoms with van der Waals surface area (Å²) in [5, 5.41) is 8.66. The monoisotopic (exact) mass is 393 g/mol. The summed E-state index contributed by atoms with van der Waals surface area (Å²) in [7, 11) is 0. The van der Waals surface area contributed by atoms with Gasteiger partial charge >= 0.3 is 0 Å². The highest BCUT2D eigenvalue weighted by Gasteiger charge is 2.29. The molecule has 6 heteroatoms. The number of halogens is 2. The Morgan fingerprint density at radius 2 is 1.72 bits per heavy atom. The van der Waals surface area contributed by atoms with E-state index in [2.05, 4.69) is 0 Å². The minimum absolute atomic E-state index is 0.0464. The number of nitriles is 1. The lowest BCUT2D eigenvalue weighted by molar-refractivity contribution is 0.233. The van der Waals surface area contributed by atoms with Crippen molar-refractivity contribution in [2.45, 2.75) is 38.2 Å². The molecule has 29 heavy (non-hydrogen) atoms. The van der Waals surface area contributed by atoms with E-state index in [1.807, 2.05) is 36.4 Å². The van der Waals surface area contributed by atoms with Crippen molar-refractivity contribution in [1.29, 1.82) is 5.26 Å². The molecule has 3 aromatic rings. The normalized spacial score (nSPS) is 14.0. The molecule has 1 aliphatic carbocycles. The minimum atomic E-state index is -0.917. The van der Waals surface area contributed by atoms with E-state index in [1.54, 1.807) is 35.0 Å². The second-order valence-corrected chi connectivity index (χ2v) is 7.25. The van der Waals surface area contributed by atoms with Crippen LogP contribution in [0.3, 0.4) is 0 Å². The van der Waals surface area contributed by atoms with Gasteiger partial charge in [-0.05, 0) is 53.9 Å². The first-order chi connectivity index (χ1) is 14.2. The summed E-state index contributed by atoms with van der Waals surface area (Å²) in [5.41, 5.74) is 1.94. The fraction of sp³-hybridized carbons (Fsp3) is 0.261. The number of anilines is 1. The Balaban J connectivity index is 1.60. The number of rotatable bonds is 6. The quantitative estimate of drug-likeness (QED) is 0.471. The summed E-state index contributed by atoms with van der Waals surface area (Å²) < 4.78 is 34.6. The van der Waals surface area contributed by atoms with Gasteiger partial charge in [0.05, 0.1) is 0 Å². The van der Waals surface area contributed by atoms with Crippen LogP contribution in [-0.4, -0.2) is 4.57 Å². The Morgan fingerprint density at radius 1 is 1.03 bits per heavy atom. The number of nitrogens with zero attached hydrogens (tertiary/aromatic N) is 3. The molecule has 1 saturated carbocycles. The van der Waals surface area contributed by atoms with Gasteiger partial charge in [0.1, 0.15) is 24.1 Å². The van der Waals surface area contributed by atoms with Crippen molar-refractivity contribution < 1.29 is 13.7 Å². The number of aromatic nitrogens is 1. The van der Waals surface area contributed by atoms with Crippen molar-refractivity contribution in [3.05, 3.63) is 77.6 Å². The maximum Gasteiger partial charge on any atom is 0.154 e. The summed E-state index contributed by atoms with van der Waals surface area (Å²) in [5.74, 6) is 0.748. The van der Waals surface area contributed by atoms with E-state index in [4.69, 9.17) is 4.74 Å². The third-order valence-corrected chi connectivity index (χ3v) is 5.44. The molecule has 0 radical (unpaired) electrons. The average molecular weight is 393 g/mol. The molecule has 0 spiro atoms. The topological polar surface area (TPSA) is 41.2 Å². The lowest BCUT2D eigenvalue weighted by atomic mass is 9.99. The Hall–Kier alpha value is -3.33. The van der Waals surface area contributed by atoms with Crippen LogP contribution in [0.4, 0.5) is 14.6 Å². The van der Waals surface area contributed by atoms with Crippen LogP contribution in [0.25, 0.3) is 5.69 Å². The van der Waals surface area contributed by atoms with Crippen LogP contribution in [0.1, 0.15) is 48.4 Å². The van der Waals surface area contributed by atoms with Gasteiger partial charge in [-0.1, -0.05) is 52.1 Å². The first-order valence-corrected chi connectivity index (χ1v) is 9.71. The van der Waals surface area contributed by atoms with E-state index in [1.165, 1.54) is 0 Å². The van der Waals surface area contributed by atoms with E-state index >= 15 is 0 Å². The molecule has 148 valence electrons. The van der Waals surface area contributed by atoms with Crippen LogP contribution in [-0.2, 0) is 6.61 Å². The van der Waals surface area contributed by atoms with Gasteiger partial charge in [0.15, 0.2) is 5.69 Å². The smallest absolute Gasteiger partial charge is 0.154 e. The zero-order chi connectivity index (χ0) is 20.2. The SMILES string of the molecule is N#Cc1c(N(F)F)c(C2CCCC2)cn1-c1ccc(OCc2ccccc2)cc1. The van der Waals surface area contributed by atoms with Gasteiger partial charge in [-0.25, -0.2) is 0 Å². The molecule has 1 heterocycles. The van der Waals surface area contributed by atoms with Gasteiger partial charge in [0.2, 0.25) is 0 Å².